The van der Waals surface area contributed by atoms with E-state index in [0.29, 0.717) is 0 Å². The first-order valence-corrected chi connectivity index (χ1v) is 10.6. The number of anilines is 1. The molecular formula is C24H31N3O. The van der Waals surface area contributed by atoms with Crippen LogP contribution in [0.15, 0.2) is 30.0 Å². The summed E-state index contributed by atoms with van der Waals surface area (Å²) >= 11 is 0. The number of nitrogens with zero attached hydrogens (tertiary/aromatic N) is 1. The second-order valence-corrected chi connectivity index (χ2v) is 9.54. The molecule has 4 bridgehead atoms. The first kappa shape index (κ1) is 19.1. The molecule has 0 spiro atoms. The van der Waals surface area contributed by atoms with E-state index in [9.17, 15) is 10.1 Å². The molecule has 1 aromatic carbocycles. The first-order chi connectivity index (χ1) is 13.4. The van der Waals surface area contributed by atoms with Crippen molar-refractivity contribution >= 4 is 11.6 Å². The number of amides is 1. The van der Waals surface area contributed by atoms with Gasteiger partial charge in [-0.05, 0) is 99.7 Å². The highest BCUT2D eigenvalue weighted by atomic mass is 16.1. The molecule has 0 aliphatic heterocycles. The molecule has 4 aliphatic rings. The average molecular weight is 378 g/mol. The van der Waals surface area contributed by atoms with Crippen LogP contribution in [0.3, 0.4) is 0 Å². The van der Waals surface area contributed by atoms with E-state index in [0.717, 1.165) is 29.0 Å². The minimum atomic E-state index is -0.261. The Morgan fingerprint density at radius 2 is 1.79 bits per heavy atom. The largest absolute Gasteiger partial charge is 0.360 e. The van der Waals surface area contributed by atoms with Crippen LogP contribution in [0.1, 0.15) is 56.6 Å². The van der Waals surface area contributed by atoms with E-state index in [4.69, 9.17) is 0 Å². The standard InChI is InChI=1S/C24H31N3O/c1-15-5-4-6-22(16(15)2)26-14-21(13-25)23(28)27-17(3)24-10-18-7-19(11-24)9-20(8-18)12-24/h4-6,14,17-20,26H,7-12H2,1-3H3,(H,27,28)/b21-14-. The summed E-state index contributed by atoms with van der Waals surface area (Å²) in [6.07, 6.45) is 9.45. The summed E-state index contributed by atoms with van der Waals surface area (Å²) in [5.74, 6) is 2.29. The maximum absolute atomic E-state index is 12.8. The van der Waals surface area contributed by atoms with Gasteiger partial charge in [-0.25, -0.2) is 0 Å². The molecule has 1 atom stereocenters. The van der Waals surface area contributed by atoms with Crippen molar-refractivity contribution < 1.29 is 4.79 Å². The zero-order valence-corrected chi connectivity index (χ0v) is 17.2. The highest BCUT2D eigenvalue weighted by Crippen LogP contribution is 2.61. The Bertz CT molecular complexity index is 813. The molecular weight excluding hydrogens is 346 g/mol. The SMILES string of the molecule is Cc1cccc(N/C=C(/C#N)C(=O)NC(C)C23CC4CC(CC(C4)C2)C3)c1C. The van der Waals surface area contributed by atoms with Gasteiger partial charge >= 0.3 is 0 Å². The van der Waals surface area contributed by atoms with Crippen LogP contribution in [0.4, 0.5) is 5.69 Å². The number of carbonyl (C=O) groups is 1. The molecule has 1 unspecified atom stereocenters. The lowest BCUT2D eigenvalue weighted by molar-refractivity contribution is -0.122. The molecule has 5 rings (SSSR count). The van der Waals surface area contributed by atoms with E-state index >= 15 is 0 Å². The van der Waals surface area contributed by atoms with Crippen LogP contribution in [0.5, 0.6) is 0 Å². The number of nitrogens with one attached hydrogen (secondary N) is 2. The van der Waals surface area contributed by atoms with Crippen LogP contribution in [0.2, 0.25) is 0 Å². The molecule has 2 N–H and O–H groups in total. The van der Waals surface area contributed by atoms with Crippen LogP contribution < -0.4 is 10.6 Å². The lowest BCUT2D eigenvalue weighted by Gasteiger charge is -2.59. The predicted octanol–water partition coefficient (Wildman–Crippen LogP) is 4.84. The Labute approximate surface area is 168 Å². The maximum atomic E-state index is 12.8. The fourth-order valence-corrected chi connectivity index (χ4v) is 6.34. The minimum Gasteiger partial charge on any atom is -0.360 e. The Morgan fingerprint density at radius 3 is 2.36 bits per heavy atom. The Kier molecular flexibility index (Phi) is 4.95. The zero-order valence-electron chi connectivity index (χ0n) is 17.2. The summed E-state index contributed by atoms with van der Waals surface area (Å²) in [6, 6.07) is 8.17. The molecule has 0 saturated heterocycles. The molecule has 0 aromatic heterocycles. The van der Waals surface area contributed by atoms with Gasteiger partial charge in [0.05, 0.1) is 0 Å². The number of nitriles is 1. The normalized spacial score (nSPS) is 31.9. The monoisotopic (exact) mass is 377 g/mol. The summed E-state index contributed by atoms with van der Waals surface area (Å²) in [5, 5.41) is 15.9. The van der Waals surface area contributed by atoms with E-state index in [2.05, 4.69) is 36.6 Å². The highest BCUT2D eigenvalue weighted by molar-refractivity contribution is 5.97. The third-order valence-electron chi connectivity index (χ3n) is 7.69. The van der Waals surface area contributed by atoms with Crippen molar-refractivity contribution in [3.63, 3.8) is 0 Å². The number of hydrogen-bond donors (Lipinski definition) is 2. The van der Waals surface area contributed by atoms with Crippen molar-refractivity contribution in [3.05, 3.63) is 41.1 Å². The second kappa shape index (κ2) is 7.28. The Balaban J connectivity index is 1.44. The van der Waals surface area contributed by atoms with Crippen LogP contribution in [0.25, 0.3) is 0 Å². The van der Waals surface area contributed by atoms with Crippen molar-refractivity contribution in [1.82, 2.24) is 5.32 Å². The van der Waals surface area contributed by atoms with E-state index in [-0.39, 0.29) is 22.9 Å². The fourth-order valence-electron chi connectivity index (χ4n) is 6.34. The Hall–Kier alpha value is -2.28. The number of aryl methyl sites for hydroxylation is 1. The summed E-state index contributed by atoms with van der Waals surface area (Å²) < 4.78 is 0. The zero-order chi connectivity index (χ0) is 19.9. The lowest BCUT2D eigenvalue weighted by atomic mass is 9.48. The van der Waals surface area contributed by atoms with Crippen LogP contribution >= 0.6 is 0 Å². The van der Waals surface area contributed by atoms with Gasteiger partial charge in [-0.3, -0.25) is 4.79 Å². The van der Waals surface area contributed by atoms with Gasteiger partial charge in [-0.1, -0.05) is 12.1 Å². The van der Waals surface area contributed by atoms with Gasteiger partial charge in [0.2, 0.25) is 0 Å². The van der Waals surface area contributed by atoms with Gasteiger partial charge in [-0.2, -0.15) is 5.26 Å². The van der Waals surface area contributed by atoms with Crippen molar-refractivity contribution in [3.8, 4) is 6.07 Å². The molecule has 0 radical (unpaired) electrons. The van der Waals surface area contributed by atoms with Crippen LogP contribution in [-0.2, 0) is 4.79 Å². The van der Waals surface area contributed by atoms with Crippen LogP contribution in [-0.4, -0.2) is 11.9 Å². The third kappa shape index (κ3) is 3.43. The van der Waals surface area contributed by atoms with Gasteiger partial charge in [0.25, 0.3) is 5.91 Å². The van der Waals surface area contributed by atoms with Crippen molar-refractivity contribution in [2.45, 2.75) is 65.3 Å². The summed E-state index contributed by atoms with van der Waals surface area (Å²) in [7, 11) is 0. The van der Waals surface area contributed by atoms with Gasteiger partial charge in [0.1, 0.15) is 11.6 Å². The number of rotatable bonds is 5. The van der Waals surface area contributed by atoms with E-state index < -0.39 is 0 Å². The van der Waals surface area contributed by atoms with Crippen LogP contribution in [0, 0.1) is 48.3 Å². The van der Waals surface area contributed by atoms with Crippen molar-refractivity contribution in [2.75, 3.05) is 5.32 Å². The van der Waals surface area contributed by atoms with Crippen molar-refractivity contribution in [2.24, 2.45) is 23.2 Å². The summed E-state index contributed by atoms with van der Waals surface area (Å²) in [6.45, 7) is 6.24. The molecule has 148 valence electrons. The van der Waals surface area contributed by atoms with Gasteiger partial charge < -0.3 is 10.6 Å². The maximum Gasteiger partial charge on any atom is 0.263 e. The first-order valence-electron chi connectivity index (χ1n) is 10.6. The summed E-state index contributed by atoms with van der Waals surface area (Å²) in [4.78, 5) is 12.8. The van der Waals surface area contributed by atoms with Crippen molar-refractivity contribution in [1.29, 1.82) is 5.26 Å². The smallest absolute Gasteiger partial charge is 0.263 e. The molecule has 1 amide bonds. The molecule has 0 heterocycles. The van der Waals surface area contributed by atoms with E-state index in [1.54, 1.807) is 6.20 Å². The van der Waals surface area contributed by atoms with Gasteiger partial charge in [-0.15, -0.1) is 0 Å². The molecule has 28 heavy (non-hydrogen) atoms. The Morgan fingerprint density at radius 1 is 1.18 bits per heavy atom. The number of carbonyl (C=O) groups excluding carboxylic acids is 1. The topological polar surface area (TPSA) is 64.9 Å². The molecule has 1 aromatic rings. The average Bonchev–Trinajstić information content (AvgIpc) is 2.64. The number of hydrogen-bond acceptors (Lipinski definition) is 3. The van der Waals surface area contributed by atoms with Gasteiger partial charge in [0.15, 0.2) is 0 Å². The molecule has 4 heteroatoms. The van der Waals surface area contributed by atoms with E-state index in [1.807, 2.05) is 19.1 Å². The molecule has 4 fully saturated rings. The van der Waals surface area contributed by atoms with E-state index in [1.165, 1.54) is 44.1 Å². The highest BCUT2D eigenvalue weighted by Gasteiger charge is 2.53. The molecule has 4 nitrogen and oxygen atoms in total. The quantitative estimate of drug-likeness (QED) is 0.570. The lowest BCUT2D eigenvalue weighted by Crippen LogP contribution is -2.56. The fraction of sp³-hybridized carbons (Fsp3) is 0.583. The van der Waals surface area contributed by atoms with Gasteiger partial charge in [0, 0.05) is 17.9 Å². The predicted molar refractivity (Wildman–Crippen MR) is 111 cm³/mol. The number of benzene rings is 1. The second-order valence-electron chi connectivity index (χ2n) is 9.54. The molecule has 4 aliphatic carbocycles. The summed E-state index contributed by atoms with van der Waals surface area (Å²) in [5.41, 5.74) is 3.60. The molecule has 4 saturated carbocycles. The minimum absolute atomic E-state index is 0.117. The third-order valence-corrected chi connectivity index (χ3v) is 7.69.